The number of para-hydroxylation sites is 1. The molecule has 0 saturated carbocycles. The average Bonchev–Trinajstić information content (AvgIpc) is 2.68. The minimum atomic E-state index is 0.672. The van der Waals surface area contributed by atoms with Crippen LogP contribution in [0.25, 0.3) is 22.3 Å². The Hall–Kier alpha value is -2.98. The molecule has 0 aliphatic rings. The molecule has 0 aliphatic carbocycles. The monoisotopic (exact) mass is 346 g/mol. The maximum atomic E-state index is 6.00. The normalized spacial score (nSPS) is 10.8. The Kier molecular flexibility index (Phi) is 4.04. The molecule has 0 N–H and O–H groups in total. The summed E-state index contributed by atoms with van der Waals surface area (Å²) in [5.74, 6) is 1.52. The SMILES string of the molecule is CN(c1ccncc1)c1nc(-c2ccc(Cl)cc2)nc2ccccc12. The van der Waals surface area contributed by atoms with Gasteiger partial charge >= 0.3 is 0 Å². The lowest BCUT2D eigenvalue weighted by atomic mass is 10.1. The molecule has 0 fully saturated rings. The number of rotatable bonds is 3. The zero-order valence-corrected chi connectivity index (χ0v) is 14.4. The second kappa shape index (κ2) is 6.49. The van der Waals surface area contributed by atoms with Crippen molar-refractivity contribution in [3.8, 4) is 11.4 Å². The molecule has 0 saturated heterocycles. The number of fused-ring (bicyclic) bond motifs is 1. The van der Waals surface area contributed by atoms with E-state index < -0.39 is 0 Å². The van der Waals surface area contributed by atoms with Crippen molar-refractivity contribution < 1.29 is 0 Å². The second-order valence-electron chi connectivity index (χ2n) is 5.66. The van der Waals surface area contributed by atoms with E-state index in [1.165, 1.54) is 0 Å². The Morgan fingerprint density at radius 1 is 0.840 bits per heavy atom. The molecule has 122 valence electrons. The van der Waals surface area contributed by atoms with Crippen molar-refractivity contribution in [2.24, 2.45) is 0 Å². The lowest BCUT2D eigenvalue weighted by Crippen LogP contribution is -2.12. The van der Waals surface area contributed by atoms with Gasteiger partial charge in [-0.3, -0.25) is 4.98 Å². The third kappa shape index (κ3) is 3.04. The topological polar surface area (TPSA) is 41.9 Å². The molecule has 5 heteroatoms. The molecule has 4 nitrogen and oxygen atoms in total. The fourth-order valence-corrected chi connectivity index (χ4v) is 2.86. The number of pyridine rings is 1. The smallest absolute Gasteiger partial charge is 0.162 e. The Morgan fingerprint density at radius 3 is 2.32 bits per heavy atom. The third-order valence-electron chi connectivity index (χ3n) is 4.05. The van der Waals surface area contributed by atoms with Crippen LogP contribution in [-0.2, 0) is 0 Å². The summed E-state index contributed by atoms with van der Waals surface area (Å²) in [5, 5.41) is 1.69. The summed E-state index contributed by atoms with van der Waals surface area (Å²) >= 11 is 6.00. The van der Waals surface area contributed by atoms with Gasteiger partial charge in [0.25, 0.3) is 0 Å². The highest BCUT2D eigenvalue weighted by atomic mass is 35.5. The van der Waals surface area contributed by atoms with Crippen molar-refractivity contribution in [2.75, 3.05) is 11.9 Å². The molecule has 2 heterocycles. The number of benzene rings is 2. The van der Waals surface area contributed by atoms with E-state index in [1.807, 2.05) is 72.6 Å². The minimum absolute atomic E-state index is 0.672. The van der Waals surface area contributed by atoms with Gasteiger partial charge in [-0.25, -0.2) is 9.97 Å². The first-order chi connectivity index (χ1) is 12.2. The van der Waals surface area contributed by atoms with Crippen LogP contribution in [0, 0.1) is 0 Å². The number of aromatic nitrogens is 3. The fraction of sp³-hybridized carbons (Fsp3) is 0.0500. The van der Waals surface area contributed by atoms with Crippen LogP contribution in [-0.4, -0.2) is 22.0 Å². The molecule has 2 aromatic carbocycles. The predicted octanol–water partition coefficient (Wildman–Crippen LogP) is 5.11. The van der Waals surface area contributed by atoms with Crippen LogP contribution < -0.4 is 4.90 Å². The maximum absolute atomic E-state index is 6.00. The van der Waals surface area contributed by atoms with Gasteiger partial charge in [0.15, 0.2) is 5.82 Å². The standard InChI is InChI=1S/C20H15ClN4/c1-25(16-10-12-22-13-11-16)20-17-4-2-3-5-18(17)23-19(24-20)14-6-8-15(21)9-7-14/h2-13H,1H3. The Balaban J connectivity index is 1.91. The molecule has 0 atom stereocenters. The van der Waals surface area contributed by atoms with Crippen LogP contribution in [0.4, 0.5) is 11.5 Å². The van der Waals surface area contributed by atoms with Crippen LogP contribution in [0.1, 0.15) is 0 Å². The number of anilines is 2. The maximum Gasteiger partial charge on any atom is 0.162 e. The summed E-state index contributed by atoms with van der Waals surface area (Å²) in [6.07, 6.45) is 3.55. The highest BCUT2D eigenvalue weighted by Gasteiger charge is 2.14. The van der Waals surface area contributed by atoms with E-state index in [-0.39, 0.29) is 0 Å². The van der Waals surface area contributed by atoms with Gasteiger partial charge in [0.2, 0.25) is 0 Å². The fourth-order valence-electron chi connectivity index (χ4n) is 2.73. The van der Waals surface area contributed by atoms with Gasteiger partial charge in [0.1, 0.15) is 5.82 Å². The quantitative estimate of drug-likeness (QED) is 0.516. The number of nitrogens with zero attached hydrogens (tertiary/aromatic N) is 4. The Labute approximate surface area is 150 Å². The zero-order valence-electron chi connectivity index (χ0n) is 13.6. The summed E-state index contributed by atoms with van der Waals surface area (Å²) < 4.78 is 0. The Morgan fingerprint density at radius 2 is 1.56 bits per heavy atom. The summed E-state index contributed by atoms with van der Waals surface area (Å²) in [5.41, 5.74) is 2.85. The number of halogens is 1. The van der Waals surface area contributed by atoms with Crippen LogP contribution in [0.3, 0.4) is 0 Å². The summed E-state index contributed by atoms with van der Waals surface area (Å²) in [4.78, 5) is 15.7. The molecule has 4 aromatic rings. The molecule has 0 spiro atoms. The molecule has 4 rings (SSSR count). The molecule has 0 bridgehead atoms. The zero-order chi connectivity index (χ0) is 17.2. The predicted molar refractivity (Wildman–Crippen MR) is 102 cm³/mol. The van der Waals surface area contributed by atoms with Gasteiger partial charge in [-0.05, 0) is 48.5 Å². The van der Waals surface area contributed by atoms with E-state index >= 15 is 0 Å². The van der Waals surface area contributed by atoms with Gasteiger partial charge in [-0.2, -0.15) is 0 Å². The van der Waals surface area contributed by atoms with Crippen LogP contribution in [0.2, 0.25) is 5.02 Å². The lowest BCUT2D eigenvalue weighted by molar-refractivity contribution is 1.11. The first-order valence-corrected chi connectivity index (χ1v) is 8.26. The largest absolute Gasteiger partial charge is 0.329 e. The third-order valence-corrected chi connectivity index (χ3v) is 4.31. The Bertz CT molecular complexity index is 1020. The summed E-state index contributed by atoms with van der Waals surface area (Å²) in [6, 6.07) is 19.5. The van der Waals surface area contributed by atoms with Crippen LogP contribution in [0.5, 0.6) is 0 Å². The number of hydrogen-bond donors (Lipinski definition) is 0. The van der Waals surface area contributed by atoms with Gasteiger partial charge < -0.3 is 4.90 Å². The second-order valence-corrected chi connectivity index (χ2v) is 6.10. The van der Waals surface area contributed by atoms with Gasteiger partial charge in [0, 0.05) is 41.1 Å². The number of hydrogen-bond acceptors (Lipinski definition) is 4. The van der Waals surface area contributed by atoms with E-state index in [1.54, 1.807) is 12.4 Å². The van der Waals surface area contributed by atoms with Crippen molar-refractivity contribution >= 4 is 34.0 Å². The highest BCUT2D eigenvalue weighted by molar-refractivity contribution is 6.30. The molecule has 25 heavy (non-hydrogen) atoms. The van der Waals surface area contributed by atoms with Gasteiger partial charge in [-0.1, -0.05) is 23.7 Å². The molecule has 2 aromatic heterocycles. The van der Waals surface area contributed by atoms with E-state index in [4.69, 9.17) is 21.6 Å². The van der Waals surface area contributed by atoms with Gasteiger partial charge in [0.05, 0.1) is 5.52 Å². The van der Waals surface area contributed by atoms with E-state index in [0.29, 0.717) is 10.8 Å². The van der Waals surface area contributed by atoms with E-state index in [2.05, 4.69) is 4.98 Å². The first-order valence-electron chi connectivity index (χ1n) is 7.89. The average molecular weight is 347 g/mol. The van der Waals surface area contributed by atoms with E-state index in [0.717, 1.165) is 28.0 Å². The van der Waals surface area contributed by atoms with Crippen molar-refractivity contribution in [1.82, 2.24) is 15.0 Å². The van der Waals surface area contributed by atoms with Crippen molar-refractivity contribution in [3.63, 3.8) is 0 Å². The summed E-state index contributed by atoms with van der Waals surface area (Å²) in [7, 11) is 2.00. The molecule has 0 radical (unpaired) electrons. The lowest BCUT2D eigenvalue weighted by Gasteiger charge is -2.20. The summed E-state index contributed by atoms with van der Waals surface area (Å²) in [6.45, 7) is 0. The van der Waals surface area contributed by atoms with E-state index in [9.17, 15) is 0 Å². The van der Waals surface area contributed by atoms with Gasteiger partial charge in [-0.15, -0.1) is 0 Å². The molecular weight excluding hydrogens is 332 g/mol. The molecular formula is C20H15ClN4. The first kappa shape index (κ1) is 15.5. The minimum Gasteiger partial charge on any atom is -0.329 e. The molecule has 0 amide bonds. The van der Waals surface area contributed by atoms with Crippen molar-refractivity contribution in [3.05, 3.63) is 78.1 Å². The molecule has 0 unspecified atom stereocenters. The molecule has 0 aliphatic heterocycles. The van der Waals surface area contributed by atoms with Crippen LogP contribution >= 0.6 is 11.6 Å². The van der Waals surface area contributed by atoms with Crippen LogP contribution in [0.15, 0.2) is 73.1 Å². The van der Waals surface area contributed by atoms with Crippen molar-refractivity contribution in [1.29, 1.82) is 0 Å². The highest BCUT2D eigenvalue weighted by Crippen LogP contribution is 2.31. The van der Waals surface area contributed by atoms with Crippen molar-refractivity contribution in [2.45, 2.75) is 0 Å².